The number of para-hydroxylation sites is 1. The molecule has 0 bridgehead atoms. The van der Waals surface area contributed by atoms with Crippen LogP contribution in [0.5, 0.6) is 5.75 Å². The van der Waals surface area contributed by atoms with E-state index in [2.05, 4.69) is 21.2 Å². The van der Waals surface area contributed by atoms with E-state index < -0.39 is 0 Å². The van der Waals surface area contributed by atoms with Gasteiger partial charge in [-0.15, -0.1) is 0 Å². The summed E-state index contributed by atoms with van der Waals surface area (Å²) in [7, 11) is 0. The lowest BCUT2D eigenvalue weighted by Crippen LogP contribution is -2.12. The molecular formula is C15H14BrNO2. The summed E-state index contributed by atoms with van der Waals surface area (Å²) < 4.78 is 1.04. The van der Waals surface area contributed by atoms with Crippen molar-refractivity contribution in [3.05, 3.63) is 57.6 Å². The summed E-state index contributed by atoms with van der Waals surface area (Å²) in [5.74, 6) is -0.343. The SMILES string of the molecule is Cc1cc(NC(=O)c2ccccc2O)cc(C)c1Br. The van der Waals surface area contributed by atoms with Crippen molar-refractivity contribution < 1.29 is 9.90 Å². The van der Waals surface area contributed by atoms with Gasteiger partial charge < -0.3 is 10.4 Å². The van der Waals surface area contributed by atoms with Gasteiger partial charge in [-0.1, -0.05) is 28.1 Å². The number of nitrogens with one attached hydrogen (secondary N) is 1. The summed E-state index contributed by atoms with van der Waals surface area (Å²) in [6.07, 6.45) is 0. The number of carbonyl (C=O) groups is 1. The van der Waals surface area contributed by atoms with Crippen molar-refractivity contribution in [1.82, 2.24) is 0 Å². The molecule has 0 saturated heterocycles. The third-order valence-electron chi connectivity index (χ3n) is 2.84. The monoisotopic (exact) mass is 319 g/mol. The van der Waals surface area contributed by atoms with Gasteiger partial charge in [-0.05, 0) is 49.2 Å². The normalized spacial score (nSPS) is 10.3. The van der Waals surface area contributed by atoms with Gasteiger partial charge in [0.1, 0.15) is 5.75 Å². The van der Waals surface area contributed by atoms with E-state index in [0.717, 1.165) is 15.6 Å². The summed E-state index contributed by atoms with van der Waals surface area (Å²) >= 11 is 3.48. The van der Waals surface area contributed by atoms with Crippen molar-refractivity contribution in [1.29, 1.82) is 0 Å². The highest BCUT2D eigenvalue weighted by Gasteiger charge is 2.11. The highest BCUT2D eigenvalue weighted by molar-refractivity contribution is 9.10. The topological polar surface area (TPSA) is 49.3 Å². The standard InChI is InChI=1S/C15H14BrNO2/c1-9-7-11(8-10(2)14(9)16)17-15(19)12-5-3-4-6-13(12)18/h3-8,18H,1-2H3,(H,17,19). The molecule has 0 fully saturated rings. The van der Waals surface area contributed by atoms with Gasteiger partial charge in [0.25, 0.3) is 5.91 Å². The van der Waals surface area contributed by atoms with Crippen LogP contribution in [0.15, 0.2) is 40.9 Å². The number of amides is 1. The number of rotatable bonds is 2. The van der Waals surface area contributed by atoms with Crippen molar-refractivity contribution in [2.45, 2.75) is 13.8 Å². The van der Waals surface area contributed by atoms with E-state index >= 15 is 0 Å². The molecule has 1 amide bonds. The highest BCUT2D eigenvalue weighted by Crippen LogP contribution is 2.26. The third-order valence-corrected chi connectivity index (χ3v) is 4.09. The van der Waals surface area contributed by atoms with Gasteiger partial charge in [0, 0.05) is 10.2 Å². The van der Waals surface area contributed by atoms with Gasteiger partial charge in [0.2, 0.25) is 0 Å². The number of hydrogen-bond acceptors (Lipinski definition) is 2. The van der Waals surface area contributed by atoms with E-state index in [1.807, 2.05) is 26.0 Å². The summed E-state index contributed by atoms with van der Waals surface area (Å²) in [4.78, 5) is 12.1. The summed E-state index contributed by atoms with van der Waals surface area (Å²) in [5, 5.41) is 12.4. The van der Waals surface area contributed by atoms with E-state index in [1.165, 1.54) is 6.07 Å². The molecule has 2 aromatic rings. The second-order valence-electron chi connectivity index (χ2n) is 4.40. The minimum absolute atomic E-state index is 0.0226. The van der Waals surface area contributed by atoms with Gasteiger partial charge in [-0.25, -0.2) is 0 Å². The Bertz CT molecular complexity index is 615. The van der Waals surface area contributed by atoms with E-state index in [-0.39, 0.29) is 17.2 Å². The Morgan fingerprint density at radius 3 is 2.32 bits per heavy atom. The van der Waals surface area contributed by atoms with Gasteiger partial charge in [0.05, 0.1) is 5.56 Å². The number of carbonyl (C=O) groups excluding carboxylic acids is 1. The van der Waals surface area contributed by atoms with E-state index in [0.29, 0.717) is 5.69 Å². The summed E-state index contributed by atoms with van der Waals surface area (Å²) in [6.45, 7) is 3.93. The highest BCUT2D eigenvalue weighted by atomic mass is 79.9. The first-order valence-electron chi connectivity index (χ1n) is 5.85. The van der Waals surface area contributed by atoms with Crippen LogP contribution in [0.3, 0.4) is 0 Å². The third kappa shape index (κ3) is 2.96. The molecule has 2 aromatic carbocycles. The molecule has 0 aliphatic rings. The fraction of sp³-hybridized carbons (Fsp3) is 0.133. The van der Waals surface area contributed by atoms with Crippen molar-refractivity contribution in [3.63, 3.8) is 0 Å². The Hall–Kier alpha value is -1.81. The van der Waals surface area contributed by atoms with Gasteiger partial charge in [-0.3, -0.25) is 4.79 Å². The fourth-order valence-electron chi connectivity index (χ4n) is 1.88. The molecule has 0 saturated carbocycles. The van der Waals surface area contributed by atoms with Crippen LogP contribution in [0, 0.1) is 13.8 Å². The number of aromatic hydroxyl groups is 1. The number of benzene rings is 2. The smallest absolute Gasteiger partial charge is 0.259 e. The molecule has 0 radical (unpaired) electrons. The van der Waals surface area contributed by atoms with Crippen LogP contribution in [0.1, 0.15) is 21.5 Å². The maximum Gasteiger partial charge on any atom is 0.259 e. The van der Waals surface area contributed by atoms with Gasteiger partial charge in [0.15, 0.2) is 0 Å². The molecule has 0 atom stereocenters. The zero-order chi connectivity index (χ0) is 14.0. The first kappa shape index (κ1) is 13.6. The number of anilines is 1. The van der Waals surface area contributed by atoms with Crippen LogP contribution in [0.25, 0.3) is 0 Å². The van der Waals surface area contributed by atoms with Gasteiger partial charge in [-0.2, -0.15) is 0 Å². The molecule has 4 heteroatoms. The predicted octanol–water partition coefficient (Wildman–Crippen LogP) is 4.02. The number of halogens is 1. The molecule has 0 spiro atoms. The molecular weight excluding hydrogens is 306 g/mol. The Labute approximate surface area is 120 Å². The Kier molecular flexibility index (Phi) is 3.90. The maximum atomic E-state index is 12.1. The predicted molar refractivity (Wildman–Crippen MR) is 79.7 cm³/mol. The largest absolute Gasteiger partial charge is 0.507 e. The number of phenols is 1. The zero-order valence-electron chi connectivity index (χ0n) is 10.7. The quantitative estimate of drug-likeness (QED) is 0.878. The second-order valence-corrected chi connectivity index (χ2v) is 5.19. The van der Waals surface area contributed by atoms with Crippen LogP contribution in [-0.2, 0) is 0 Å². The van der Waals surface area contributed by atoms with Crippen LogP contribution in [-0.4, -0.2) is 11.0 Å². The lowest BCUT2D eigenvalue weighted by Gasteiger charge is -2.10. The minimum Gasteiger partial charge on any atom is -0.507 e. The first-order chi connectivity index (χ1) is 8.99. The van der Waals surface area contributed by atoms with Crippen LogP contribution < -0.4 is 5.32 Å². The molecule has 98 valence electrons. The summed E-state index contributed by atoms with van der Waals surface area (Å²) in [5.41, 5.74) is 3.08. The van der Waals surface area contributed by atoms with Crippen LogP contribution >= 0.6 is 15.9 Å². The average Bonchev–Trinajstić information content (AvgIpc) is 2.36. The molecule has 3 nitrogen and oxygen atoms in total. The van der Waals surface area contributed by atoms with Crippen LogP contribution in [0.4, 0.5) is 5.69 Å². The molecule has 0 aromatic heterocycles. The lowest BCUT2D eigenvalue weighted by atomic mass is 10.1. The molecule has 0 aliphatic carbocycles. The van der Waals surface area contributed by atoms with Crippen LogP contribution in [0.2, 0.25) is 0 Å². The Balaban J connectivity index is 2.27. The average molecular weight is 320 g/mol. The van der Waals surface area contributed by atoms with Gasteiger partial charge >= 0.3 is 0 Å². The Morgan fingerprint density at radius 1 is 1.16 bits per heavy atom. The number of aryl methyl sites for hydroxylation is 2. The Morgan fingerprint density at radius 2 is 1.74 bits per heavy atom. The molecule has 0 heterocycles. The van der Waals surface area contributed by atoms with E-state index in [1.54, 1.807) is 18.2 Å². The second kappa shape index (κ2) is 5.45. The molecule has 2 rings (SSSR count). The van der Waals surface area contributed by atoms with E-state index in [4.69, 9.17) is 0 Å². The van der Waals surface area contributed by atoms with Crippen molar-refractivity contribution in [2.24, 2.45) is 0 Å². The molecule has 0 aliphatic heterocycles. The minimum atomic E-state index is -0.320. The van der Waals surface area contributed by atoms with Crippen molar-refractivity contribution in [3.8, 4) is 5.75 Å². The van der Waals surface area contributed by atoms with Crippen molar-refractivity contribution in [2.75, 3.05) is 5.32 Å². The summed E-state index contributed by atoms with van der Waals surface area (Å²) in [6, 6.07) is 10.2. The zero-order valence-corrected chi connectivity index (χ0v) is 12.3. The fourth-order valence-corrected chi connectivity index (χ4v) is 2.11. The first-order valence-corrected chi connectivity index (χ1v) is 6.64. The number of phenolic OH excluding ortho intramolecular Hbond substituents is 1. The number of hydrogen-bond donors (Lipinski definition) is 2. The molecule has 2 N–H and O–H groups in total. The maximum absolute atomic E-state index is 12.1. The van der Waals surface area contributed by atoms with Crippen molar-refractivity contribution >= 4 is 27.5 Å². The molecule has 0 unspecified atom stereocenters. The molecule has 19 heavy (non-hydrogen) atoms. The van der Waals surface area contributed by atoms with E-state index in [9.17, 15) is 9.90 Å². The lowest BCUT2D eigenvalue weighted by molar-refractivity contribution is 0.102.